The molecule has 1 fully saturated rings. The molecule has 0 atom stereocenters. The number of anilines is 2. The number of nitrogens with one attached hydrogen (secondary N) is 1. The molecule has 5 nitrogen and oxygen atoms in total. The topological polar surface area (TPSA) is 88.2 Å². The van der Waals surface area contributed by atoms with Gasteiger partial charge in [-0.05, 0) is 25.2 Å². The lowest BCUT2D eigenvalue weighted by Crippen LogP contribution is -2.40. The van der Waals surface area contributed by atoms with E-state index in [1.54, 1.807) is 0 Å². The maximum atomic E-state index is 11.1. The number of nitrogens with zero attached hydrogens (tertiary/aromatic N) is 1. The second-order valence-electron chi connectivity index (χ2n) is 4.56. The fourth-order valence-corrected chi connectivity index (χ4v) is 2.97. The van der Waals surface area contributed by atoms with Crippen molar-refractivity contribution in [2.75, 3.05) is 23.9 Å². The summed E-state index contributed by atoms with van der Waals surface area (Å²) in [6.45, 7) is 0.741. The highest BCUT2D eigenvalue weighted by molar-refractivity contribution is 8.00. The van der Waals surface area contributed by atoms with E-state index in [9.17, 15) is 4.79 Å². The third-order valence-corrected chi connectivity index (χ3v) is 4.83. The van der Waals surface area contributed by atoms with Crippen LogP contribution in [0.1, 0.15) is 29.6 Å². The van der Waals surface area contributed by atoms with Gasteiger partial charge in [0.25, 0.3) is 0 Å². The number of thioether (sulfide) groups is 1. The highest BCUT2D eigenvalue weighted by Gasteiger charge is 2.36. The van der Waals surface area contributed by atoms with E-state index in [0.717, 1.165) is 6.54 Å². The van der Waals surface area contributed by atoms with Gasteiger partial charge in [-0.25, -0.2) is 9.78 Å². The lowest BCUT2D eigenvalue weighted by molar-refractivity contribution is 0.0697. The van der Waals surface area contributed by atoms with Crippen molar-refractivity contribution < 1.29 is 9.90 Å². The number of hydrogen-bond acceptors (Lipinski definition) is 5. The molecule has 0 bridgehead atoms. The van der Waals surface area contributed by atoms with E-state index in [-0.39, 0.29) is 10.3 Å². The van der Waals surface area contributed by atoms with E-state index in [1.807, 2.05) is 11.8 Å². The zero-order chi connectivity index (χ0) is 13.2. The van der Waals surface area contributed by atoms with Gasteiger partial charge in [-0.15, -0.1) is 0 Å². The van der Waals surface area contributed by atoms with Gasteiger partial charge in [0.15, 0.2) is 0 Å². The molecule has 0 saturated heterocycles. The van der Waals surface area contributed by atoms with E-state index in [0.29, 0.717) is 11.5 Å². The predicted octanol–water partition coefficient (Wildman–Crippen LogP) is 2.06. The fourth-order valence-electron chi connectivity index (χ4n) is 2.05. The number of hydrogen-bond donors (Lipinski definition) is 3. The number of nitrogen functional groups attached to an aromatic ring is 1. The van der Waals surface area contributed by atoms with Gasteiger partial charge in [-0.3, -0.25) is 0 Å². The van der Waals surface area contributed by atoms with Gasteiger partial charge >= 0.3 is 5.97 Å². The first-order valence-corrected chi connectivity index (χ1v) is 7.07. The van der Waals surface area contributed by atoms with Gasteiger partial charge in [0.1, 0.15) is 11.4 Å². The standard InChI is InChI=1S/C12H17N3O2S/c1-18-12(3-2-4-12)7-15-10-9(11(16)17)5-8(13)6-14-10/h5-6H,2-4,7,13H2,1H3,(H,14,15)(H,16,17). The quantitative estimate of drug-likeness (QED) is 0.757. The summed E-state index contributed by atoms with van der Waals surface area (Å²) in [4.78, 5) is 15.2. The summed E-state index contributed by atoms with van der Waals surface area (Å²) in [5.41, 5.74) is 6.05. The SMILES string of the molecule is CSC1(CNc2ncc(N)cc2C(=O)O)CCC1. The minimum atomic E-state index is -1.01. The Morgan fingerprint density at radius 2 is 2.39 bits per heavy atom. The fraction of sp³-hybridized carbons (Fsp3) is 0.500. The van der Waals surface area contributed by atoms with Crippen molar-refractivity contribution in [3.63, 3.8) is 0 Å². The molecule has 1 aromatic rings. The van der Waals surface area contributed by atoms with Crippen molar-refractivity contribution in [1.82, 2.24) is 4.98 Å². The van der Waals surface area contributed by atoms with Crippen LogP contribution in [-0.4, -0.2) is 33.6 Å². The zero-order valence-corrected chi connectivity index (χ0v) is 11.1. The second kappa shape index (κ2) is 5.06. The number of nitrogens with two attached hydrogens (primary N) is 1. The first kappa shape index (κ1) is 13.0. The predicted molar refractivity (Wildman–Crippen MR) is 74.2 cm³/mol. The summed E-state index contributed by atoms with van der Waals surface area (Å²) < 4.78 is 0.235. The molecule has 0 amide bonds. The third-order valence-electron chi connectivity index (χ3n) is 3.42. The Balaban J connectivity index is 2.11. The largest absolute Gasteiger partial charge is 0.478 e. The number of aromatic carboxylic acids is 1. The molecular weight excluding hydrogens is 250 g/mol. The van der Waals surface area contributed by atoms with Crippen LogP contribution in [0.15, 0.2) is 12.3 Å². The van der Waals surface area contributed by atoms with Crippen molar-refractivity contribution in [3.8, 4) is 0 Å². The number of carboxylic acids is 1. The van der Waals surface area contributed by atoms with Crippen molar-refractivity contribution >= 4 is 29.2 Å². The Morgan fingerprint density at radius 3 is 2.89 bits per heavy atom. The van der Waals surface area contributed by atoms with Crippen molar-refractivity contribution in [1.29, 1.82) is 0 Å². The van der Waals surface area contributed by atoms with Crippen molar-refractivity contribution in [3.05, 3.63) is 17.8 Å². The van der Waals surface area contributed by atoms with E-state index in [2.05, 4.69) is 16.6 Å². The molecule has 0 aromatic carbocycles. The minimum absolute atomic E-state index is 0.130. The average Bonchev–Trinajstić information content (AvgIpc) is 2.29. The van der Waals surface area contributed by atoms with Crippen LogP contribution in [0.3, 0.4) is 0 Å². The molecule has 1 heterocycles. The van der Waals surface area contributed by atoms with Crippen molar-refractivity contribution in [2.24, 2.45) is 0 Å². The van der Waals surface area contributed by atoms with Crippen molar-refractivity contribution in [2.45, 2.75) is 24.0 Å². The van der Waals surface area contributed by atoms with E-state index < -0.39 is 5.97 Å². The van der Waals surface area contributed by atoms with Crippen LogP contribution in [0.2, 0.25) is 0 Å². The lowest BCUT2D eigenvalue weighted by atomic mass is 9.84. The second-order valence-corrected chi connectivity index (χ2v) is 5.84. The van der Waals surface area contributed by atoms with Crippen LogP contribution in [0.5, 0.6) is 0 Å². The molecule has 0 aliphatic heterocycles. The van der Waals surface area contributed by atoms with Gasteiger partial charge in [-0.1, -0.05) is 6.42 Å². The summed E-state index contributed by atoms with van der Waals surface area (Å²) in [5.74, 6) is -0.610. The number of pyridine rings is 1. The van der Waals surface area contributed by atoms with E-state index in [4.69, 9.17) is 10.8 Å². The number of carbonyl (C=O) groups is 1. The summed E-state index contributed by atoms with van der Waals surface area (Å²) in [6, 6.07) is 1.43. The normalized spacial score (nSPS) is 16.9. The molecule has 0 spiro atoms. The molecule has 1 aliphatic rings. The van der Waals surface area contributed by atoms with Gasteiger partial charge < -0.3 is 16.2 Å². The van der Waals surface area contributed by atoms with Crippen LogP contribution >= 0.6 is 11.8 Å². The Labute approximate surface area is 110 Å². The molecule has 2 rings (SSSR count). The molecule has 0 radical (unpaired) electrons. The maximum Gasteiger partial charge on any atom is 0.339 e. The molecular formula is C12H17N3O2S. The highest BCUT2D eigenvalue weighted by atomic mass is 32.2. The Hall–Kier alpha value is -1.43. The number of rotatable bonds is 5. The lowest BCUT2D eigenvalue weighted by Gasteiger charge is -2.40. The number of carboxylic acid groups (broad SMARTS) is 1. The molecule has 1 aromatic heterocycles. The highest BCUT2D eigenvalue weighted by Crippen LogP contribution is 2.42. The summed E-state index contributed by atoms with van der Waals surface area (Å²) in [5, 5.41) is 12.3. The van der Waals surface area contributed by atoms with Gasteiger partial charge in [0, 0.05) is 11.3 Å². The third kappa shape index (κ3) is 2.53. The van der Waals surface area contributed by atoms with Gasteiger partial charge in [0.05, 0.1) is 11.9 Å². The molecule has 1 saturated carbocycles. The molecule has 4 N–H and O–H groups in total. The number of aromatic nitrogens is 1. The molecule has 0 unspecified atom stereocenters. The van der Waals surface area contributed by atoms with Gasteiger partial charge in [-0.2, -0.15) is 11.8 Å². The maximum absolute atomic E-state index is 11.1. The minimum Gasteiger partial charge on any atom is -0.478 e. The van der Waals surface area contributed by atoms with Crippen LogP contribution < -0.4 is 11.1 Å². The molecule has 6 heteroatoms. The summed E-state index contributed by atoms with van der Waals surface area (Å²) in [6.07, 6.45) is 7.14. The van der Waals surface area contributed by atoms with Crippen LogP contribution in [0.4, 0.5) is 11.5 Å². The smallest absolute Gasteiger partial charge is 0.339 e. The summed E-state index contributed by atoms with van der Waals surface area (Å²) in [7, 11) is 0. The monoisotopic (exact) mass is 267 g/mol. The summed E-state index contributed by atoms with van der Waals surface area (Å²) >= 11 is 1.83. The van der Waals surface area contributed by atoms with E-state index in [1.165, 1.54) is 31.5 Å². The zero-order valence-electron chi connectivity index (χ0n) is 10.3. The molecule has 18 heavy (non-hydrogen) atoms. The van der Waals surface area contributed by atoms with Crippen LogP contribution in [0, 0.1) is 0 Å². The average molecular weight is 267 g/mol. The Kier molecular flexibility index (Phi) is 3.65. The van der Waals surface area contributed by atoms with Gasteiger partial charge in [0.2, 0.25) is 0 Å². The first-order chi connectivity index (χ1) is 8.56. The Morgan fingerprint density at radius 1 is 1.67 bits per heavy atom. The van der Waals surface area contributed by atoms with Crippen LogP contribution in [0.25, 0.3) is 0 Å². The van der Waals surface area contributed by atoms with Crippen LogP contribution in [-0.2, 0) is 0 Å². The first-order valence-electron chi connectivity index (χ1n) is 5.84. The molecule has 1 aliphatic carbocycles. The van der Waals surface area contributed by atoms with E-state index >= 15 is 0 Å². The molecule has 98 valence electrons. The Bertz CT molecular complexity index is 455.